The molecule has 0 spiro atoms. The Hall–Kier alpha value is -2.46. The molecule has 1 N–H and O–H groups in total. The van der Waals surface area contributed by atoms with Crippen molar-refractivity contribution in [1.82, 2.24) is 4.90 Å². The Morgan fingerprint density at radius 1 is 0.963 bits per heavy atom. The fraction of sp³-hybridized carbons (Fsp3) is 0.391. The van der Waals surface area contributed by atoms with Crippen molar-refractivity contribution < 1.29 is 14.6 Å². The number of hydrogen-bond donors (Lipinski definition) is 1. The molecule has 0 unspecified atom stereocenters. The van der Waals surface area contributed by atoms with Crippen LogP contribution in [-0.2, 0) is 6.54 Å². The van der Waals surface area contributed by atoms with Gasteiger partial charge < -0.3 is 14.6 Å². The van der Waals surface area contributed by atoms with E-state index < -0.39 is 0 Å². The lowest BCUT2D eigenvalue weighted by Crippen LogP contribution is -2.36. The van der Waals surface area contributed by atoms with E-state index in [-0.39, 0.29) is 5.75 Å². The molecule has 0 saturated carbocycles. The molecule has 1 fully saturated rings. The first-order valence-electron chi connectivity index (χ1n) is 9.65. The van der Waals surface area contributed by atoms with E-state index in [9.17, 15) is 5.11 Å². The first-order valence-corrected chi connectivity index (χ1v) is 9.65. The molecule has 0 aromatic heterocycles. The predicted molar refractivity (Wildman–Crippen MR) is 110 cm³/mol. The summed E-state index contributed by atoms with van der Waals surface area (Å²) in [5.74, 6) is 1.70. The Labute approximate surface area is 160 Å². The molecule has 0 amide bonds. The molecule has 4 heteroatoms. The van der Waals surface area contributed by atoms with Crippen LogP contribution in [0.15, 0.2) is 36.4 Å². The van der Waals surface area contributed by atoms with Crippen LogP contribution in [0.3, 0.4) is 0 Å². The molecular weight excluding hydrogens is 338 g/mol. The number of nitrogens with zero attached hydrogens (tertiary/aromatic N) is 1. The van der Waals surface area contributed by atoms with Crippen molar-refractivity contribution in [2.45, 2.75) is 38.8 Å². The van der Waals surface area contributed by atoms with E-state index in [0.717, 1.165) is 35.0 Å². The normalized spacial score (nSPS) is 18.1. The highest BCUT2D eigenvalue weighted by atomic mass is 16.5. The van der Waals surface area contributed by atoms with E-state index in [1.165, 1.54) is 30.2 Å². The highest BCUT2D eigenvalue weighted by Gasteiger charge is 2.20. The third-order valence-electron chi connectivity index (χ3n) is 5.84. The number of piperidine rings is 1. The van der Waals surface area contributed by atoms with Crippen LogP contribution in [-0.4, -0.2) is 36.8 Å². The molecule has 0 radical (unpaired) electrons. The van der Waals surface area contributed by atoms with Crippen molar-refractivity contribution in [3.63, 3.8) is 0 Å². The molecule has 142 valence electrons. The summed E-state index contributed by atoms with van der Waals surface area (Å²) in [6, 6.07) is 12.6. The van der Waals surface area contributed by atoms with Crippen LogP contribution in [0.25, 0.3) is 21.5 Å². The molecule has 27 heavy (non-hydrogen) atoms. The highest BCUT2D eigenvalue weighted by molar-refractivity contribution is 6.10. The predicted octanol–water partition coefficient (Wildman–Crippen LogP) is 5.09. The van der Waals surface area contributed by atoms with E-state index in [2.05, 4.69) is 17.9 Å². The summed E-state index contributed by atoms with van der Waals surface area (Å²) < 4.78 is 11.0. The van der Waals surface area contributed by atoms with Gasteiger partial charge in [0, 0.05) is 12.6 Å². The minimum atomic E-state index is 0.280. The van der Waals surface area contributed by atoms with Gasteiger partial charge in [-0.1, -0.05) is 12.5 Å². The van der Waals surface area contributed by atoms with Crippen molar-refractivity contribution in [3.8, 4) is 17.2 Å². The van der Waals surface area contributed by atoms with Gasteiger partial charge in [0.2, 0.25) is 0 Å². The second kappa shape index (κ2) is 7.28. The Morgan fingerprint density at radius 3 is 2.48 bits per heavy atom. The van der Waals surface area contributed by atoms with Crippen LogP contribution in [0.1, 0.15) is 31.7 Å². The van der Waals surface area contributed by atoms with Gasteiger partial charge in [-0.2, -0.15) is 0 Å². The van der Waals surface area contributed by atoms with Crippen LogP contribution in [0.5, 0.6) is 17.2 Å². The van der Waals surface area contributed by atoms with Gasteiger partial charge in [-0.15, -0.1) is 0 Å². The third kappa shape index (κ3) is 3.30. The van der Waals surface area contributed by atoms with Crippen molar-refractivity contribution in [2.24, 2.45) is 0 Å². The van der Waals surface area contributed by atoms with Gasteiger partial charge in [0.25, 0.3) is 0 Å². The Balaban J connectivity index is 1.92. The number of phenolic OH excluding ortho intramolecular Hbond substituents is 1. The fourth-order valence-corrected chi connectivity index (χ4v) is 4.29. The smallest absolute Gasteiger partial charge is 0.161 e. The molecule has 1 heterocycles. The number of benzene rings is 3. The average Bonchev–Trinajstić information content (AvgIpc) is 2.68. The molecule has 1 atom stereocenters. The molecule has 1 saturated heterocycles. The van der Waals surface area contributed by atoms with Crippen molar-refractivity contribution >= 4 is 21.5 Å². The van der Waals surface area contributed by atoms with Gasteiger partial charge in [0.05, 0.1) is 14.2 Å². The van der Waals surface area contributed by atoms with Crippen molar-refractivity contribution in [2.75, 3.05) is 20.8 Å². The molecule has 3 aromatic rings. The summed E-state index contributed by atoms with van der Waals surface area (Å²) in [7, 11) is 3.31. The van der Waals surface area contributed by atoms with Gasteiger partial charge in [0.1, 0.15) is 5.75 Å². The SMILES string of the molecule is COc1cc2cc(CN3CCCC[C@@H]3C)c3ccc(O)cc3c2cc1OC. The molecule has 1 aliphatic heterocycles. The zero-order valence-corrected chi connectivity index (χ0v) is 16.3. The summed E-state index contributed by atoms with van der Waals surface area (Å²) in [6.45, 7) is 4.39. The monoisotopic (exact) mass is 365 g/mol. The van der Waals surface area contributed by atoms with E-state index >= 15 is 0 Å². The van der Waals surface area contributed by atoms with Crippen LogP contribution in [0.4, 0.5) is 0 Å². The number of fused-ring (bicyclic) bond motifs is 3. The van der Waals surface area contributed by atoms with Crippen molar-refractivity contribution in [1.29, 1.82) is 0 Å². The van der Waals surface area contributed by atoms with Crippen LogP contribution in [0, 0.1) is 0 Å². The number of aromatic hydroxyl groups is 1. The van der Waals surface area contributed by atoms with E-state index in [0.29, 0.717) is 11.8 Å². The first kappa shape index (κ1) is 17.9. The number of rotatable bonds is 4. The van der Waals surface area contributed by atoms with Gasteiger partial charge in [-0.05, 0) is 83.8 Å². The zero-order chi connectivity index (χ0) is 19.0. The summed E-state index contributed by atoms with van der Waals surface area (Å²) in [5.41, 5.74) is 1.29. The standard InChI is InChI=1S/C23H27NO3/c1-15-6-4-5-9-24(15)14-17-10-16-11-22(26-2)23(27-3)13-20(16)21-12-18(25)7-8-19(17)21/h7-8,10-13,15,25H,4-6,9,14H2,1-3H3/t15-/m0/s1. The van der Waals surface area contributed by atoms with Gasteiger partial charge >= 0.3 is 0 Å². The largest absolute Gasteiger partial charge is 0.508 e. The lowest BCUT2D eigenvalue weighted by atomic mass is 9.95. The minimum absolute atomic E-state index is 0.280. The number of phenols is 1. The number of ether oxygens (including phenoxy) is 2. The van der Waals surface area contributed by atoms with Gasteiger partial charge in [-0.3, -0.25) is 4.90 Å². The van der Waals surface area contributed by atoms with E-state index in [4.69, 9.17) is 9.47 Å². The second-order valence-corrected chi connectivity index (χ2v) is 7.51. The van der Waals surface area contributed by atoms with Crippen LogP contribution >= 0.6 is 0 Å². The molecule has 0 bridgehead atoms. The zero-order valence-electron chi connectivity index (χ0n) is 16.3. The topological polar surface area (TPSA) is 41.9 Å². The second-order valence-electron chi connectivity index (χ2n) is 7.51. The summed E-state index contributed by atoms with van der Waals surface area (Å²) in [5, 5.41) is 14.5. The summed E-state index contributed by atoms with van der Waals surface area (Å²) in [6.07, 6.45) is 3.85. The third-order valence-corrected chi connectivity index (χ3v) is 5.84. The number of methoxy groups -OCH3 is 2. The first-order chi connectivity index (χ1) is 13.1. The number of hydrogen-bond acceptors (Lipinski definition) is 4. The lowest BCUT2D eigenvalue weighted by molar-refractivity contribution is 0.153. The average molecular weight is 365 g/mol. The molecule has 1 aliphatic rings. The Bertz CT molecular complexity index is 982. The maximum atomic E-state index is 10.1. The summed E-state index contributed by atoms with van der Waals surface area (Å²) in [4.78, 5) is 2.57. The lowest BCUT2D eigenvalue weighted by Gasteiger charge is -2.33. The highest BCUT2D eigenvalue weighted by Crippen LogP contribution is 2.38. The molecule has 4 rings (SSSR count). The quantitative estimate of drug-likeness (QED) is 0.654. The Kier molecular flexibility index (Phi) is 4.83. The minimum Gasteiger partial charge on any atom is -0.508 e. The maximum Gasteiger partial charge on any atom is 0.161 e. The fourth-order valence-electron chi connectivity index (χ4n) is 4.29. The van der Waals surface area contributed by atoms with Crippen molar-refractivity contribution in [3.05, 3.63) is 42.0 Å². The van der Waals surface area contributed by atoms with Gasteiger partial charge in [0.15, 0.2) is 11.5 Å². The molecule has 0 aliphatic carbocycles. The maximum absolute atomic E-state index is 10.1. The van der Waals surface area contributed by atoms with Crippen LogP contribution < -0.4 is 9.47 Å². The summed E-state index contributed by atoms with van der Waals surface area (Å²) >= 11 is 0. The van der Waals surface area contributed by atoms with E-state index in [1.807, 2.05) is 24.3 Å². The van der Waals surface area contributed by atoms with Gasteiger partial charge in [-0.25, -0.2) is 0 Å². The number of likely N-dealkylation sites (tertiary alicyclic amines) is 1. The Morgan fingerprint density at radius 2 is 1.74 bits per heavy atom. The molecule has 4 nitrogen and oxygen atoms in total. The molecule has 3 aromatic carbocycles. The van der Waals surface area contributed by atoms with E-state index in [1.54, 1.807) is 20.3 Å². The van der Waals surface area contributed by atoms with Crippen LogP contribution in [0.2, 0.25) is 0 Å². The molecular formula is C23H27NO3.